The van der Waals surface area contributed by atoms with Gasteiger partial charge in [0.25, 0.3) is 0 Å². The summed E-state index contributed by atoms with van der Waals surface area (Å²) in [5.74, 6) is 1.69. The third kappa shape index (κ3) is 1.75. The first-order chi connectivity index (χ1) is 8.78. The Morgan fingerprint density at radius 1 is 1.33 bits per heavy atom. The molecule has 18 heavy (non-hydrogen) atoms. The summed E-state index contributed by atoms with van der Waals surface area (Å²) in [5.41, 5.74) is 7.57. The molecule has 0 atom stereocenters. The highest BCUT2D eigenvalue weighted by Gasteiger charge is 2.18. The maximum atomic E-state index is 5.82. The predicted molar refractivity (Wildman–Crippen MR) is 68.5 cm³/mol. The lowest BCUT2D eigenvalue weighted by Gasteiger charge is -2.29. The third-order valence-corrected chi connectivity index (χ3v) is 3.22. The molecule has 1 aliphatic heterocycles. The first-order valence-corrected chi connectivity index (χ1v) is 5.83. The molecule has 1 aromatic carbocycles. The summed E-state index contributed by atoms with van der Waals surface area (Å²) in [7, 11) is 1.63. The van der Waals surface area contributed by atoms with Gasteiger partial charge >= 0.3 is 0 Å². The van der Waals surface area contributed by atoms with Gasteiger partial charge in [-0.05, 0) is 12.1 Å². The summed E-state index contributed by atoms with van der Waals surface area (Å²) >= 11 is 0. The van der Waals surface area contributed by atoms with E-state index in [0.29, 0.717) is 11.4 Å². The van der Waals surface area contributed by atoms with E-state index >= 15 is 0 Å². The molecule has 6 heteroatoms. The Kier molecular flexibility index (Phi) is 2.55. The molecule has 94 valence electrons. The number of nitrogens with two attached hydrogens (primary N) is 1. The van der Waals surface area contributed by atoms with Gasteiger partial charge in [-0.1, -0.05) is 0 Å². The van der Waals surface area contributed by atoms with E-state index < -0.39 is 0 Å². The van der Waals surface area contributed by atoms with Gasteiger partial charge in [0.2, 0.25) is 0 Å². The molecule has 1 aromatic heterocycles. The zero-order valence-electron chi connectivity index (χ0n) is 10.2. The van der Waals surface area contributed by atoms with Crippen LogP contribution in [0.1, 0.15) is 5.82 Å². The van der Waals surface area contributed by atoms with Crippen LogP contribution in [0.4, 0.5) is 11.4 Å². The van der Waals surface area contributed by atoms with Crippen molar-refractivity contribution in [2.75, 3.05) is 24.3 Å². The van der Waals surface area contributed by atoms with Gasteiger partial charge in [0.05, 0.1) is 19.3 Å². The molecule has 2 aromatic rings. The molecule has 0 fully saturated rings. The monoisotopic (exact) mass is 245 g/mol. The minimum absolute atomic E-state index is 0.654. The van der Waals surface area contributed by atoms with Gasteiger partial charge in [0.1, 0.15) is 12.1 Å². The van der Waals surface area contributed by atoms with E-state index in [0.717, 1.165) is 31.1 Å². The van der Waals surface area contributed by atoms with Crippen molar-refractivity contribution in [2.45, 2.75) is 13.1 Å². The van der Waals surface area contributed by atoms with Crippen LogP contribution in [-0.4, -0.2) is 28.4 Å². The fourth-order valence-corrected chi connectivity index (χ4v) is 2.18. The number of methoxy groups -OCH3 is 1. The molecule has 0 aliphatic carbocycles. The van der Waals surface area contributed by atoms with E-state index in [1.807, 2.05) is 18.2 Å². The third-order valence-electron chi connectivity index (χ3n) is 3.22. The lowest BCUT2D eigenvalue weighted by molar-refractivity contribution is 0.416. The van der Waals surface area contributed by atoms with Crippen LogP contribution in [0, 0.1) is 0 Å². The number of aromatic nitrogens is 3. The predicted octanol–water partition coefficient (Wildman–Crippen LogP) is 0.889. The summed E-state index contributed by atoms with van der Waals surface area (Å²) in [5, 5.41) is 8.03. The number of benzene rings is 1. The molecule has 0 bridgehead atoms. The molecule has 0 radical (unpaired) electrons. The second-order valence-electron chi connectivity index (χ2n) is 4.29. The largest absolute Gasteiger partial charge is 0.495 e. The number of fused-ring (bicyclic) bond motifs is 1. The molecular formula is C12H15N5O. The average Bonchev–Trinajstić information content (AvgIpc) is 2.86. The summed E-state index contributed by atoms with van der Waals surface area (Å²) in [6.45, 7) is 2.58. The van der Waals surface area contributed by atoms with E-state index in [9.17, 15) is 0 Å². The topological polar surface area (TPSA) is 69.2 Å². The smallest absolute Gasteiger partial charge is 0.152 e. The van der Waals surface area contributed by atoms with Crippen molar-refractivity contribution >= 4 is 11.4 Å². The van der Waals surface area contributed by atoms with Crippen molar-refractivity contribution in [3.8, 4) is 5.75 Å². The first kappa shape index (κ1) is 10.9. The molecule has 0 unspecified atom stereocenters. The maximum absolute atomic E-state index is 5.82. The Bertz CT molecular complexity index is 565. The SMILES string of the molecule is COc1cc(N2CCn3cnnc3C2)ccc1N. The molecular weight excluding hydrogens is 230 g/mol. The number of rotatable bonds is 2. The van der Waals surface area contributed by atoms with E-state index in [1.165, 1.54) is 0 Å². The van der Waals surface area contributed by atoms with Crippen molar-refractivity contribution < 1.29 is 4.74 Å². The summed E-state index contributed by atoms with van der Waals surface area (Å²) in [6.07, 6.45) is 1.77. The number of nitrogen functional groups attached to an aromatic ring is 1. The van der Waals surface area contributed by atoms with Crippen LogP contribution in [0.15, 0.2) is 24.5 Å². The van der Waals surface area contributed by atoms with Gasteiger partial charge in [-0.15, -0.1) is 10.2 Å². The minimum atomic E-state index is 0.654. The highest BCUT2D eigenvalue weighted by molar-refractivity contribution is 5.62. The number of anilines is 2. The van der Waals surface area contributed by atoms with Gasteiger partial charge in [0.15, 0.2) is 5.82 Å². The van der Waals surface area contributed by atoms with Crippen LogP contribution in [0.2, 0.25) is 0 Å². The van der Waals surface area contributed by atoms with Crippen molar-refractivity contribution in [1.82, 2.24) is 14.8 Å². The number of hydrogen-bond acceptors (Lipinski definition) is 5. The zero-order valence-corrected chi connectivity index (χ0v) is 10.2. The molecule has 0 saturated heterocycles. The zero-order chi connectivity index (χ0) is 12.5. The molecule has 2 heterocycles. The molecule has 0 amide bonds. The van der Waals surface area contributed by atoms with Crippen molar-refractivity contribution in [2.24, 2.45) is 0 Å². The highest BCUT2D eigenvalue weighted by atomic mass is 16.5. The van der Waals surface area contributed by atoms with E-state index in [1.54, 1.807) is 13.4 Å². The quantitative estimate of drug-likeness (QED) is 0.796. The lowest BCUT2D eigenvalue weighted by Crippen LogP contribution is -2.33. The Morgan fingerprint density at radius 3 is 3.06 bits per heavy atom. The van der Waals surface area contributed by atoms with Crippen LogP contribution in [0.5, 0.6) is 5.75 Å². The lowest BCUT2D eigenvalue weighted by atomic mass is 10.2. The van der Waals surface area contributed by atoms with Crippen molar-refractivity contribution in [1.29, 1.82) is 0 Å². The molecule has 3 rings (SSSR count). The Hall–Kier alpha value is -2.24. The molecule has 0 spiro atoms. The highest BCUT2D eigenvalue weighted by Crippen LogP contribution is 2.29. The van der Waals surface area contributed by atoms with E-state index in [4.69, 9.17) is 10.5 Å². The van der Waals surface area contributed by atoms with Gasteiger partial charge < -0.3 is 19.9 Å². The number of hydrogen-bond donors (Lipinski definition) is 1. The Balaban J connectivity index is 1.88. The first-order valence-electron chi connectivity index (χ1n) is 5.83. The Morgan fingerprint density at radius 2 is 2.22 bits per heavy atom. The minimum Gasteiger partial charge on any atom is -0.495 e. The normalized spacial score (nSPS) is 14.4. The molecule has 0 saturated carbocycles. The average molecular weight is 245 g/mol. The Labute approximate surface area is 105 Å². The van der Waals surface area contributed by atoms with E-state index in [2.05, 4.69) is 19.7 Å². The van der Waals surface area contributed by atoms with Crippen LogP contribution < -0.4 is 15.4 Å². The summed E-state index contributed by atoms with van der Waals surface area (Å²) < 4.78 is 7.32. The van der Waals surface area contributed by atoms with Gasteiger partial charge in [0, 0.05) is 24.8 Å². The summed E-state index contributed by atoms with van der Waals surface area (Å²) in [6, 6.07) is 5.83. The van der Waals surface area contributed by atoms with Gasteiger partial charge in [-0.25, -0.2) is 0 Å². The molecule has 6 nitrogen and oxygen atoms in total. The number of ether oxygens (including phenoxy) is 1. The van der Waals surface area contributed by atoms with E-state index in [-0.39, 0.29) is 0 Å². The second kappa shape index (κ2) is 4.21. The number of nitrogens with zero attached hydrogens (tertiary/aromatic N) is 4. The maximum Gasteiger partial charge on any atom is 0.152 e. The summed E-state index contributed by atoms with van der Waals surface area (Å²) in [4.78, 5) is 2.24. The van der Waals surface area contributed by atoms with Gasteiger partial charge in [-0.3, -0.25) is 0 Å². The second-order valence-corrected chi connectivity index (χ2v) is 4.29. The molecule has 2 N–H and O–H groups in total. The van der Waals surface area contributed by atoms with Crippen LogP contribution in [0.3, 0.4) is 0 Å². The van der Waals surface area contributed by atoms with Crippen LogP contribution in [0.25, 0.3) is 0 Å². The standard InChI is InChI=1S/C12H15N5O/c1-18-11-6-9(2-3-10(11)13)16-4-5-17-8-14-15-12(17)7-16/h2-3,6,8H,4-5,7,13H2,1H3. The van der Waals surface area contributed by atoms with Crippen molar-refractivity contribution in [3.05, 3.63) is 30.4 Å². The van der Waals surface area contributed by atoms with Crippen molar-refractivity contribution in [3.63, 3.8) is 0 Å². The molecule has 1 aliphatic rings. The van der Waals surface area contributed by atoms with Gasteiger partial charge in [-0.2, -0.15) is 0 Å². The fraction of sp³-hybridized carbons (Fsp3) is 0.333. The van der Waals surface area contributed by atoms with Crippen LogP contribution in [-0.2, 0) is 13.1 Å². The van der Waals surface area contributed by atoms with Crippen LogP contribution >= 0.6 is 0 Å². The fourth-order valence-electron chi connectivity index (χ4n) is 2.18.